The largest absolute Gasteiger partial charge is 0.507 e. The zero-order valence-electron chi connectivity index (χ0n) is 20.4. The fourth-order valence-corrected chi connectivity index (χ4v) is 5.59. The molecule has 0 amide bonds. The van der Waals surface area contributed by atoms with Gasteiger partial charge >= 0.3 is 0 Å². The maximum Gasteiger partial charge on any atom is 0.202 e. The number of nitrogens with one attached hydrogen (secondary N) is 1. The summed E-state index contributed by atoms with van der Waals surface area (Å²) in [5.41, 5.74) is 2.00. The number of carbonyl (C=O) groups is 1. The van der Waals surface area contributed by atoms with Crippen LogP contribution in [0.25, 0.3) is 0 Å². The second-order valence-corrected chi connectivity index (χ2v) is 11.5. The number of carbonyl (C=O) groups excluding carboxylic acids is 1. The Balaban J connectivity index is 0.000000193. The van der Waals surface area contributed by atoms with E-state index < -0.39 is 0 Å². The maximum absolute atomic E-state index is 12.4. The molecule has 1 aromatic carbocycles. The Morgan fingerprint density at radius 1 is 0.969 bits per heavy atom. The molecule has 2 aromatic rings. The lowest BCUT2D eigenvalue weighted by atomic mass is 9.83. The number of hydrogen-bond acceptors (Lipinski definition) is 4. The van der Waals surface area contributed by atoms with Crippen molar-refractivity contribution >= 4 is 17.1 Å². The number of phenols is 1. The lowest BCUT2D eigenvalue weighted by Gasteiger charge is -2.30. The number of phenolic OH excluding ortho intramolecular Hbond substituents is 1. The van der Waals surface area contributed by atoms with Crippen LogP contribution in [-0.2, 0) is 5.41 Å². The van der Waals surface area contributed by atoms with Crippen molar-refractivity contribution in [3.05, 3.63) is 51.2 Å². The van der Waals surface area contributed by atoms with E-state index in [-0.39, 0.29) is 16.9 Å². The number of thiophene rings is 1. The van der Waals surface area contributed by atoms with Crippen molar-refractivity contribution in [3.8, 4) is 5.75 Å². The predicted octanol–water partition coefficient (Wildman–Crippen LogP) is 7.53. The monoisotopic (exact) mass is 455 g/mol. The van der Waals surface area contributed by atoms with Gasteiger partial charge < -0.3 is 10.4 Å². The van der Waals surface area contributed by atoms with Gasteiger partial charge in [-0.2, -0.15) is 0 Å². The molecule has 32 heavy (non-hydrogen) atoms. The first kappa shape index (κ1) is 25.0. The van der Waals surface area contributed by atoms with Gasteiger partial charge in [0.2, 0.25) is 5.78 Å². The first-order valence-corrected chi connectivity index (χ1v) is 13.3. The zero-order chi connectivity index (χ0) is 23.1. The average molecular weight is 456 g/mol. The second kappa shape index (κ2) is 11.5. The van der Waals surface area contributed by atoms with Crippen LogP contribution in [0.3, 0.4) is 0 Å². The van der Waals surface area contributed by atoms with Crippen molar-refractivity contribution in [1.82, 2.24) is 5.32 Å². The molecule has 1 heterocycles. The van der Waals surface area contributed by atoms with Crippen molar-refractivity contribution < 1.29 is 9.90 Å². The van der Waals surface area contributed by atoms with Gasteiger partial charge in [0, 0.05) is 23.2 Å². The van der Waals surface area contributed by atoms with E-state index in [1.54, 1.807) is 6.07 Å². The molecule has 2 aliphatic rings. The van der Waals surface area contributed by atoms with Crippen molar-refractivity contribution in [2.24, 2.45) is 0 Å². The highest BCUT2D eigenvalue weighted by Crippen LogP contribution is 2.34. The highest BCUT2D eigenvalue weighted by atomic mass is 32.1. The number of rotatable bonds is 4. The third-order valence-electron chi connectivity index (χ3n) is 6.80. The van der Waals surface area contributed by atoms with Gasteiger partial charge in [0.15, 0.2) is 0 Å². The minimum Gasteiger partial charge on any atom is -0.507 e. The summed E-state index contributed by atoms with van der Waals surface area (Å²) in [7, 11) is 0. The van der Waals surface area contributed by atoms with Gasteiger partial charge in [-0.1, -0.05) is 65.4 Å². The number of hydrogen-bond donors (Lipinski definition) is 2. The smallest absolute Gasteiger partial charge is 0.202 e. The molecule has 0 atom stereocenters. The standard InChI is InChI=1S/C16H18O2S.C12H23N/c1-10-8-11(15(18)13-6-5-7-19-13)9-12(14(10)17)16(2,3)4;1-3-7-11(8-4-1)13-12-9-5-2-6-10-12/h5-9,17H,1-4H3;11-13H,1-10H2. The molecule has 176 valence electrons. The number of aromatic hydroxyl groups is 1. The zero-order valence-corrected chi connectivity index (χ0v) is 21.2. The first-order chi connectivity index (χ1) is 15.3. The molecule has 0 spiro atoms. The van der Waals surface area contributed by atoms with E-state index in [0.29, 0.717) is 5.56 Å². The van der Waals surface area contributed by atoms with Crippen LogP contribution in [-0.4, -0.2) is 23.0 Å². The molecule has 3 nitrogen and oxygen atoms in total. The van der Waals surface area contributed by atoms with Crippen molar-refractivity contribution in [2.45, 2.75) is 109 Å². The van der Waals surface area contributed by atoms with Crippen LogP contribution in [0, 0.1) is 6.92 Å². The highest BCUT2D eigenvalue weighted by Gasteiger charge is 2.22. The minimum atomic E-state index is -0.194. The van der Waals surface area contributed by atoms with Gasteiger partial charge in [-0.05, 0) is 67.2 Å². The lowest BCUT2D eigenvalue weighted by Crippen LogP contribution is -2.40. The molecule has 2 saturated carbocycles. The molecule has 0 bridgehead atoms. The van der Waals surface area contributed by atoms with Crippen molar-refractivity contribution in [1.29, 1.82) is 0 Å². The summed E-state index contributed by atoms with van der Waals surface area (Å²) in [4.78, 5) is 13.1. The topological polar surface area (TPSA) is 49.3 Å². The molecule has 4 rings (SSSR count). The average Bonchev–Trinajstić information content (AvgIpc) is 3.31. The van der Waals surface area contributed by atoms with Crippen LogP contribution in [0.5, 0.6) is 5.75 Å². The molecule has 2 N–H and O–H groups in total. The van der Waals surface area contributed by atoms with Crippen molar-refractivity contribution in [3.63, 3.8) is 0 Å². The van der Waals surface area contributed by atoms with E-state index in [9.17, 15) is 9.90 Å². The van der Waals surface area contributed by atoms with Gasteiger partial charge in [-0.15, -0.1) is 11.3 Å². The summed E-state index contributed by atoms with van der Waals surface area (Å²) in [6, 6.07) is 9.01. The fraction of sp³-hybridized carbons (Fsp3) is 0.607. The van der Waals surface area contributed by atoms with E-state index in [0.717, 1.165) is 28.1 Å². The Bertz CT molecular complexity index is 838. The summed E-state index contributed by atoms with van der Waals surface area (Å²) in [5.74, 6) is 0.304. The van der Waals surface area contributed by atoms with Gasteiger partial charge in [0.25, 0.3) is 0 Å². The van der Waals surface area contributed by atoms with E-state index in [1.165, 1.54) is 75.5 Å². The second-order valence-electron chi connectivity index (χ2n) is 10.6. The Morgan fingerprint density at radius 2 is 1.53 bits per heavy atom. The molecule has 0 unspecified atom stereocenters. The molecular formula is C28H41NO2S. The number of benzene rings is 1. The van der Waals surface area contributed by atoms with Gasteiger partial charge in [0.05, 0.1) is 4.88 Å². The maximum atomic E-state index is 12.4. The molecule has 1 aromatic heterocycles. The third kappa shape index (κ3) is 6.92. The predicted molar refractivity (Wildman–Crippen MR) is 136 cm³/mol. The van der Waals surface area contributed by atoms with Crippen LogP contribution in [0.15, 0.2) is 29.6 Å². The van der Waals surface area contributed by atoms with Crippen molar-refractivity contribution in [2.75, 3.05) is 0 Å². The molecule has 0 aliphatic heterocycles. The van der Waals surface area contributed by atoms with Crippen LogP contribution in [0.4, 0.5) is 0 Å². The Kier molecular flexibility index (Phi) is 8.95. The van der Waals surface area contributed by atoms with E-state index in [2.05, 4.69) is 5.32 Å². The number of aryl methyl sites for hydroxylation is 1. The Labute approximate surface area is 198 Å². The van der Waals surface area contributed by atoms with Gasteiger partial charge in [-0.25, -0.2) is 0 Å². The summed E-state index contributed by atoms with van der Waals surface area (Å²) < 4.78 is 0. The summed E-state index contributed by atoms with van der Waals surface area (Å²) in [6.45, 7) is 7.92. The highest BCUT2D eigenvalue weighted by molar-refractivity contribution is 7.12. The van der Waals surface area contributed by atoms with E-state index in [1.807, 2.05) is 51.3 Å². The molecule has 0 saturated heterocycles. The third-order valence-corrected chi connectivity index (χ3v) is 7.67. The van der Waals surface area contributed by atoms with Crippen LogP contribution in [0.1, 0.15) is 111 Å². The molecule has 2 fully saturated rings. The van der Waals surface area contributed by atoms with Crippen LogP contribution in [0.2, 0.25) is 0 Å². The minimum absolute atomic E-state index is 0.0172. The lowest BCUT2D eigenvalue weighted by molar-refractivity contribution is 0.104. The quantitative estimate of drug-likeness (QED) is 0.468. The van der Waals surface area contributed by atoms with E-state index in [4.69, 9.17) is 0 Å². The summed E-state index contributed by atoms with van der Waals surface area (Å²) in [6.07, 6.45) is 14.6. The summed E-state index contributed by atoms with van der Waals surface area (Å²) >= 11 is 1.44. The summed E-state index contributed by atoms with van der Waals surface area (Å²) in [5, 5.41) is 15.9. The molecule has 2 aliphatic carbocycles. The normalized spacial score (nSPS) is 18.1. The van der Waals surface area contributed by atoms with Crippen LogP contribution < -0.4 is 5.32 Å². The first-order valence-electron chi connectivity index (χ1n) is 12.4. The van der Waals surface area contributed by atoms with Crippen LogP contribution >= 0.6 is 11.3 Å². The molecular weight excluding hydrogens is 414 g/mol. The Morgan fingerprint density at radius 3 is 2.00 bits per heavy atom. The number of ketones is 1. The Hall–Kier alpha value is -1.65. The van der Waals surface area contributed by atoms with Gasteiger partial charge in [-0.3, -0.25) is 4.79 Å². The SMILES string of the molecule is C1CCC(NC2CCCCC2)CC1.Cc1cc(C(=O)c2cccs2)cc(C(C)(C)C)c1O. The molecule has 4 heteroatoms. The molecule has 0 radical (unpaired) electrons. The van der Waals surface area contributed by atoms with Gasteiger partial charge in [0.1, 0.15) is 5.75 Å². The fourth-order valence-electron chi connectivity index (χ4n) is 4.90. The van der Waals surface area contributed by atoms with E-state index >= 15 is 0 Å².